The summed E-state index contributed by atoms with van der Waals surface area (Å²) in [6.07, 6.45) is 0.771. The fourth-order valence-corrected chi connectivity index (χ4v) is 3.10. The van der Waals surface area contributed by atoms with Crippen molar-refractivity contribution in [1.29, 1.82) is 0 Å². The fraction of sp³-hybridized carbons (Fsp3) is 0.455. The maximum atomic E-state index is 13.0. The van der Waals surface area contributed by atoms with Gasteiger partial charge >= 0.3 is 5.97 Å². The Labute approximate surface area is 161 Å². The van der Waals surface area contributed by atoms with E-state index in [1.807, 2.05) is 27.7 Å². The van der Waals surface area contributed by atoms with E-state index >= 15 is 0 Å². The Morgan fingerprint density at radius 1 is 1.22 bits per heavy atom. The average molecular weight is 370 g/mol. The molecule has 0 amide bonds. The number of phenolic OH excluding ortho intramolecular Hbond substituents is 1. The van der Waals surface area contributed by atoms with Crippen LogP contribution in [0.4, 0.5) is 0 Å². The minimum absolute atomic E-state index is 0.167. The number of ether oxygens (including phenoxy) is 1. The van der Waals surface area contributed by atoms with E-state index in [4.69, 9.17) is 15.5 Å². The summed E-state index contributed by atoms with van der Waals surface area (Å²) < 4.78 is 5.64. The van der Waals surface area contributed by atoms with Crippen molar-refractivity contribution < 1.29 is 14.6 Å². The summed E-state index contributed by atoms with van der Waals surface area (Å²) in [7, 11) is 0. The van der Waals surface area contributed by atoms with Crippen LogP contribution in [0.15, 0.2) is 24.3 Å². The van der Waals surface area contributed by atoms with E-state index in [-0.39, 0.29) is 12.3 Å². The second kappa shape index (κ2) is 8.09. The molecule has 0 fully saturated rings. The number of nitrogens with two attached hydrogens (primary N) is 1. The summed E-state index contributed by atoms with van der Waals surface area (Å²) in [5.74, 6) is 0.156. The van der Waals surface area contributed by atoms with Crippen molar-refractivity contribution in [3.8, 4) is 16.9 Å². The van der Waals surface area contributed by atoms with E-state index in [1.54, 1.807) is 24.3 Å². The number of benzene rings is 1. The van der Waals surface area contributed by atoms with Crippen LogP contribution in [-0.4, -0.2) is 21.7 Å². The van der Waals surface area contributed by atoms with Crippen LogP contribution in [0, 0.1) is 12.8 Å². The number of aryl methyl sites for hydroxylation is 1. The van der Waals surface area contributed by atoms with Crippen molar-refractivity contribution in [2.75, 3.05) is 0 Å². The largest absolute Gasteiger partial charge is 0.508 e. The number of phenols is 1. The van der Waals surface area contributed by atoms with Crippen LogP contribution in [0.3, 0.4) is 0 Å². The van der Waals surface area contributed by atoms with Crippen molar-refractivity contribution in [1.82, 2.24) is 4.98 Å². The predicted molar refractivity (Wildman–Crippen MR) is 108 cm³/mol. The van der Waals surface area contributed by atoms with Gasteiger partial charge in [-0.15, -0.1) is 0 Å². The number of hydrogen-bond donors (Lipinski definition) is 2. The Morgan fingerprint density at radius 3 is 2.30 bits per heavy atom. The standard InChI is InChI=1S/C22H30N2O3/c1-13(2)11-18-17(12-23)20(15-7-9-16(25)10-8-15)19(14(3)24-18)21(26)27-22(4,5)6/h7-10,13,25H,11-12,23H2,1-6H3. The second-order valence-corrected chi connectivity index (χ2v) is 8.22. The van der Waals surface area contributed by atoms with E-state index in [0.29, 0.717) is 17.2 Å². The van der Waals surface area contributed by atoms with Gasteiger partial charge in [0.05, 0.1) is 11.3 Å². The average Bonchev–Trinajstić information content (AvgIpc) is 2.52. The monoisotopic (exact) mass is 370 g/mol. The van der Waals surface area contributed by atoms with E-state index < -0.39 is 11.6 Å². The molecular weight excluding hydrogens is 340 g/mol. The van der Waals surface area contributed by atoms with E-state index in [1.165, 1.54) is 0 Å². The summed E-state index contributed by atoms with van der Waals surface area (Å²) in [4.78, 5) is 17.7. The van der Waals surface area contributed by atoms with Gasteiger partial charge in [0.2, 0.25) is 0 Å². The molecule has 0 aliphatic heterocycles. The third kappa shape index (κ3) is 5.07. The molecule has 0 bridgehead atoms. The lowest BCUT2D eigenvalue weighted by Crippen LogP contribution is -2.26. The van der Waals surface area contributed by atoms with Gasteiger partial charge in [-0.05, 0) is 63.3 Å². The Kier molecular flexibility index (Phi) is 6.26. The molecule has 0 saturated carbocycles. The third-order valence-corrected chi connectivity index (χ3v) is 4.13. The highest BCUT2D eigenvalue weighted by Crippen LogP contribution is 2.34. The number of esters is 1. The molecular formula is C22H30N2O3. The maximum Gasteiger partial charge on any atom is 0.341 e. The summed E-state index contributed by atoms with van der Waals surface area (Å²) in [5, 5.41) is 9.66. The van der Waals surface area contributed by atoms with Crippen LogP contribution < -0.4 is 5.73 Å². The van der Waals surface area contributed by atoms with Gasteiger partial charge in [-0.1, -0.05) is 26.0 Å². The molecule has 0 atom stereocenters. The topological polar surface area (TPSA) is 85.4 Å². The van der Waals surface area contributed by atoms with Crippen molar-refractivity contribution >= 4 is 5.97 Å². The van der Waals surface area contributed by atoms with Gasteiger partial charge in [0.25, 0.3) is 0 Å². The molecule has 5 heteroatoms. The molecule has 2 rings (SSSR count). The molecule has 146 valence electrons. The number of carbonyl (C=O) groups is 1. The van der Waals surface area contributed by atoms with Crippen LogP contribution in [-0.2, 0) is 17.7 Å². The number of aromatic hydroxyl groups is 1. The van der Waals surface area contributed by atoms with E-state index in [2.05, 4.69) is 13.8 Å². The third-order valence-electron chi connectivity index (χ3n) is 4.13. The number of pyridine rings is 1. The molecule has 0 radical (unpaired) electrons. The highest BCUT2D eigenvalue weighted by molar-refractivity contribution is 5.99. The number of aromatic nitrogens is 1. The van der Waals surface area contributed by atoms with Gasteiger partial charge in [0, 0.05) is 17.8 Å². The Balaban J connectivity index is 2.78. The van der Waals surface area contributed by atoms with Crippen molar-refractivity contribution in [2.45, 2.75) is 60.1 Å². The first kappa shape index (κ1) is 20.9. The van der Waals surface area contributed by atoms with Crippen LogP contribution in [0.25, 0.3) is 11.1 Å². The lowest BCUT2D eigenvalue weighted by atomic mass is 9.90. The zero-order valence-corrected chi connectivity index (χ0v) is 17.1. The molecule has 2 aromatic rings. The van der Waals surface area contributed by atoms with Crippen LogP contribution in [0.2, 0.25) is 0 Å². The second-order valence-electron chi connectivity index (χ2n) is 8.22. The fourth-order valence-electron chi connectivity index (χ4n) is 3.10. The zero-order chi connectivity index (χ0) is 20.4. The highest BCUT2D eigenvalue weighted by atomic mass is 16.6. The predicted octanol–water partition coefficient (Wildman–Crippen LogP) is 4.38. The normalized spacial score (nSPS) is 11.7. The van der Waals surface area contributed by atoms with Gasteiger partial charge in [-0.25, -0.2) is 4.79 Å². The van der Waals surface area contributed by atoms with Gasteiger partial charge < -0.3 is 15.6 Å². The van der Waals surface area contributed by atoms with Crippen molar-refractivity contribution in [3.05, 3.63) is 46.8 Å². The first-order chi connectivity index (χ1) is 12.5. The van der Waals surface area contributed by atoms with Crippen LogP contribution in [0.5, 0.6) is 5.75 Å². The number of hydrogen-bond acceptors (Lipinski definition) is 5. The minimum Gasteiger partial charge on any atom is -0.508 e. The van der Waals surface area contributed by atoms with Gasteiger partial charge in [-0.2, -0.15) is 0 Å². The van der Waals surface area contributed by atoms with Crippen LogP contribution in [0.1, 0.15) is 61.9 Å². The molecule has 0 unspecified atom stereocenters. The summed E-state index contributed by atoms with van der Waals surface area (Å²) >= 11 is 0. The highest BCUT2D eigenvalue weighted by Gasteiger charge is 2.27. The van der Waals surface area contributed by atoms with E-state index in [9.17, 15) is 9.90 Å². The summed E-state index contributed by atoms with van der Waals surface area (Å²) in [6, 6.07) is 6.78. The SMILES string of the molecule is Cc1nc(CC(C)C)c(CN)c(-c2ccc(O)cc2)c1C(=O)OC(C)(C)C. The Hall–Kier alpha value is -2.40. The Morgan fingerprint density at radius 2 is 1.81 bits per heavy atom. The van der Waals surface area contributed by atoms with Crippen molar-refractivity contribution in [3.63, 3.8) is 0 Å². The molecule has 0 aliphatic rings. The van der Waals surface area contributed by atoms with Gasteiger partial charge in [0.15, 0.2) is 0 Å². The number of rotatable bonds is 5. The Bertz CT molecular complexity index is 819. The lowest BCUT2D eigenvalue weighted by molar-refractivity contribution is 0.00690. The maximum absolute atomic E-state index is 13.0. The molecule has 5 nitrogen and oxygen atoms in total. The molecule has 0 spiro atoms. The van der Waals surface area contributed by atoms with Gasteiger partial charge in [0.1, 0.15) is 11.4 Å². The number of carbonyl (C=O) groups excluding carboxylic acids is 1. The van der Waals surface area contributed by atoms with Gasteiger partial charge in [-0.3, -0.25) is 4.98 Å². The first-order valence-corrected chi connectivity index (χ1v) is 9.28. The summed E-state index contributed by atoms with van der Waals surface area (Å²) in [6.45, 7) is 11.9. The van der Waals surface area contributed by atoms with Crippen molar-refractivity contribution in [2.24, 2.45) is 11.7 Å². The summed E-state index contributed by atoms with van der Waals surface area (Å²) in [5.41, 5.74) is 9.85. The molecule has 1 aromatic heterocycles. The first-order valence-electron chi connectivity index (χ1n) is 9.28. The van der Waals surface area contributed by atoms with Crippen LogP contribution >= 0.6 is 0 Å². The minimum atomic E-state index is -0.616. The molecule has 0 aliphatic carbocycles. The number of nitrogens with zero attached hydrogens (tertiary/aromatic N) is 1. The molecule has 27 heavy (non-hydrogen) atoms. The molecule has 0 saturated heterocycles. The quantitative estimate of drug-likeness (QED) is 0.763. The molecule has 3 N–H and O–H groups in total. The smallest absolute Gasteiger partial charge is 0.341 e. The molecule has 1 heterocycles. The lowest BCUT2D eigenvalue weighted by Gasteiger charge is -2.24. The molecule has 1 aromatic carbocycles. The zero-order valence-electron chi connectivity index (χ0n) is 17.1. The van der Waals surface area contributed by atoms with E-state index in [0.717, 1.165) is 28.8 Å².